The van der Waals surface area contributed by atoms with Crippen LogP contribution in [0.3, 0.4) is 0 Å². The highest BCUT2D eigenvalue weighted by molar-refractivity contribution is 7.90. The molecular formula is C11H22N2O5S. The monoisotopic (exact) mass is 294 g/mol. The molecule has 2 N–H and O–H groups in total. The van der Waals surface area contributed by atoms with Crippen molar-refractivity contribution in [1.29, 1.82) is 0 Å². The Balaban J connectivity index is 4.38. The molecule has 0 heterocycles. The molecule has 0 saturated heterocycles. The second kappa shape index (κ2) is 6.74. The minimum Gasteiger partial charge on any atom is -0.480 e. The third-order valence-electron chi connectivity index (χ3n) is 2.32. The van der Waals surface area contributed by atoms with Crippen LogP contribution in [-0.4, -0.2) is 61.1 Å². The van der Waals surface area contributed by atoms with Gasteiger partial charge in [0.1, 0.15) is 16.4 Å². The normalized spacial score (nSPS) is 12.0. The van der Waals surface area contributed by atoms with Gasteiger partial charge in [-0.2, -0.15) is 0 Å². The number of hydrogen-bond acceptors (Lipinski definition) is 4. The zero-order valence-electron chi connectivity index (χ0n) is 11.8. The Bertz CT molecular complexity index is 425. The van der Waals surface area contributed by atoms with E-state index in [0.717, 1.165) is 6.26 Å². The van der Waals surface area contributed by atoms with Gasteiger partial charge in [0, 0.05) is 18.3 Å². The highest BCUT2D eigenvalue weighted by atomic mass is 32.2. The van der Waals surface area contributed by atoms with Gasteiger partial charge in [-0.15, -0.1) is 0 Å². The lowest BCUT2D eigenvalue weighted by molar-refractivity contribution is -0.138. The first-order valence-corrected chi connectivity index (χ1v) is 7.94. The molecule has 0 aliphatic carbocycles. The molecule has 0 bridgehead atoms. The summed E-state index contributed by atoms with van der Waals surface area (Å²) < 4.78 is 21.8. The standard InChI is InChI=1S/C11H22N2O5S/c1-11(2,3)13(8-9(14)15)10(16)12-6-5-7-19(4,17)18/h5-8H2,1-4H3,(H,12,16)(H,14,15). The van der Waals surface area contributed by atoms with Gasteiger partial charge in [0.25, 0.3) is 0 Å². The van der Waals surface area contributed by atoms with Gasteiger partial charge in [-0.1, -0.05) is 0 Å². The molecule has 0 aromatic rings. The summed E-state index contributed by atoms with van der Waals surface area (Å²) in [5, 5.41) is 11.3. The Morgan fingerprint density at radius 2 is 1.79 bits per heavy atom. The number of urea groups is 1. The highest BCUT2D eigenvalue weighted by Gasteiger charge is 2.28. The number of carbonyl (C=O) groups is 2. The summed E-state index contributed by atoms with van der Waals surface area (Å²) in [5.74, 6) is -1.11. The number of aliphatic carboxylic acids is 1. The fourth-order valence-corrected chi connectivity index (χ4v) is 2.04. The molecule has 112 valence electrons. The quantitative estimate of drug-likeness (QED) is 0.686. The summed E-state index contributed by atoms with van der Waals surface area (Å²) in [6.07, 6.45) is 1.43. The van der Waals surface area contributed by atoms with E-state index >= 15 is 0 Å². The Kier molecular flexibility index (Phi) is 6.28. The predicted molar refractivity (Wildman–Crippen MR) is 71.8 cm³/mol. The molecular weight excluding hydrogens is 272 g/mol. The van der Waals surface area contributed by atoms with Gasteiger partial charge in [0.15, 0.2) is 0 Å². The number of nitrogens with zero attached hydrogens (tertiary/aromatic N) is 1. The van der Waals surface area contributed by atoms with Crippen LogP contribution in [-0.2, 0) is 14.6 Å². The average Bonchev–Trinajstić information content (AvgIpc) is 2.17. The largest absolute Gasteiger partial charge is 0.480 e. The molecule has 0 atom stereocenters. The third kappa shape index (κ3) is 8.41. The Morgan fingerprint density at radius 1 is 1.26 bits per heavy atom. The number of amides is 2. The van der Waals surface area contributed by atoms with E-state index in [2.05, 4.69) is 5.32 Å². The highest BCUT2D eigenvalue weighted by Crippen LogP contribution is 2.12. The van der Waals surface area contributed by atoms with Crippen molar-refractivity contribution < 1.29 is 23.1 Å². The molecule has 0 aliphatic heterocycles. The van der Waals surface area contributed by atoms with Crippen LogP contribution in [0.4, 0.5) is 4.79 Å². The fourth-order valence-electron chi connectivity index (χ4n) is 1.37. The first-order valence-electron chi connectivity index (χ1n) is 5.88. The summed E-state index contributed by atoms with van der Waals surface area (Å²) >= 11 is 0. The van der Waals surface area contributed by atoms with Crippen LogP contribution in [0, 0.1) is 0 Å². The van der Waals surface area contributed by atoms with E-state index in [0.29, 0.717) is 6.42 Å². The van der Waals surface area contributed by atoms with Gasteiger partial charge in [-0.05, 0) is 27.2 Å². The van der Waals surface area contributed by atoms with Crippen LogP contribution < -0.4 is 5.32 Å². The van der Waals surface area contributed by atoms with Crippen molar-refractivity contribution in [2.75, 3.05) is 25.1 Å². The smallest absolute Gasteiger partial charge is 0.323 e. The Morgan fingerprint density at radius 3 is 2.16 bits per heavy atom. The topological polar surface area (TPSA) is 104 Å². The van der Waals surface area contributed by atoms with Crippen molar-refractivity contribution in [3.63, 3.8) is 0 Å². The summed E-state index contributed by atoms with van der Waals surface area (Å²) in [7, 11) is -3.05. The maximum absolute atomic E-state index is 11.9. The summed E-state index contributed by atoms with van der Waals surface area (Å²) in [4.78, 5) is 23.8. The summed E-state index contributed by atoms with van der Waals surface area (Å²) in [6.45, 7) is 4.98. The molecule has 0 radical (unpaired) electrons. The SMILES string of the molecule is CC(C)(C)N(CC(=O)O)C(=O)NCCCS(C)(=O)=O. The number of carbonyl (C=O) groups excluding carboxylic acids is 1. The predicted octanol–water partition coefficient (Wildman–Crippen LogP) is 0.316. The van der Waals surface area contributed by atoms with Gasteiger partial charge in [-0.25, -0.2) is 13.2 Å². The maximum atomic E-state index is 11.9. The Hall–Kier alpha value is -1.31. The zero-order valence-corrected chi connectivity index (χ0v) is 12.6. The molecule has 0 spiro atoms. The van der Waals surface area contributed by atoms with E-state index in [1.807, 2.05) is 0 Å². The molecule has 0 aromatic carbocycles. The van der Waals surface area contributed by atoms with Crippen molar-refractivity contribution in [3.8, 4) is 0 Å². The number of nitrogens with one attached hydrogen (secondary N) is 1. The molecule has 0 saturated carbocycles. The molecule has 8 heteroatoms. The van der Waals surface area contributed by atoms with Crippen LogP contribution in [0.15, 0.2) is 0 Å². The number of hydrogen-bond donors (Lipinski definition) is 2. The first-order chi connectivity index (χ1) is 8.43. The van der Waals surface area contributed by atoms with Crippen molar-refractivity contribution in [2.24, 2.45) is 0 Å². The molecule has 0 fully saturated rings. The van der Waals surface area contributed by atoms with Crippen LogP contribution in [0.1, 0.15) is 27.2 Å². The van der Waals surface area contributed by atoms with Gasteiger partial charge in [0.2, 0.25) is 0 Å². The molecule has 0 rings (SSSR count). The van der Waals surface area contributed by atoms with E-state index in [-0.39, 0.29) is 12.3 Å². The first kappa shape index (κ1) is 17.7. The fraction of sp³-hybridized carbons (Fsp3) is 0.818. The van der Waals surface area contributed by atoms with E-state index in [9.17, 15) is 18.0 Å². The second-order valence-corrected chi connectivity index (χ2v) is 7.63. The summed E-state index contributed by atoms with van der Waals surface area (Å²) in [5.41, 5.74) is -0.626. The molecule has 7 nitrogen and oxygen atoms in total. The van der Waals surface area contributed by atoms with Crippen LogP contribution >= 0.6 is 0 Å². The number of carboxylic acid groups (broad SMARTS) is 1. The molecule has 0 unspecified atom stereocenters. The van der Waals surface area contributed by atoms with E-state index in [1.165, 1.54) is 4.90 Å². The lowest BCUT2D eigenvalue weighted by atomic mass is 10.1. The van der Waals surface area contributed by atoms with Crippen molar-refractivity contribution in [1.82, 2.24) is 10.2 Å². The minimum atomic E-state index is -3.05. The van der Waals surface area contributed by atoms with Crippen LogP contribution in [0.2, 0.25) is 0 Å². The average molecular weight is 294 g/mol. The molecule has 19 heavy (non-hydrogen) atoms. The van der Waals surface area contributed by atoms with Crippen LogP contribution in [0.5, 0.6) is 0 Å². The van der Waals surface area contributed by atoms with Crippen LogP contribution in [0.25, 0.3) is 0 Å². The van der Waals surface area contributed by atoms with Crippen molar-refractivity contribution >= 4 is 21.8 Å². The van der Waals surface area contributed by atoms with Gasteiger partial charge in [-0.3, -0.25) is 4.79 Å². The maximum Gasteiger partial charge on any atom is 0.323 e. The number of sulfone groups is 1. The lowest BCUT2D eigenvalue weighted by Gasteiger charge is -2.34. The van der Waals surface area contributed by atoms with Gasteiger partial charge < -0.3 is 15.3 Å². The van der Waals surface area contributed by atoms with E-state index in [4.69, 9.17) is 5.11 Å². The molecule has 2 amide bonds. The van der Waals surface area contributed by atoms with E-state index < -0.39 is 33.9 Å². The number of rotatable bonds is 6. The number of carboxylic acids is 1. The van der Waals surface area contributed by atoms with Gasteiger partial charge in [0.05, 0.1) is 5.75 Å². The lowest BCUT2D eigenvalue weighted by Crippen LogP contribution is -2.52. The third-order valence-corrected chi connectivity index (χ3v) is 3.35. The molecule has 0 aromatic heterocycles. The van der Waals surface area contributed by atoms with Gasteiger partial charge >= 0.3 is 12.0 Å². The minimum absolute atomic E-state index is 0.0122. The molecule has 0 aliphatic rings. The Labute approximate surface area is 113 Å². The van der Waals surface area contributed by atoms with Crippen molar-refractivity contribution in [2.45, 2.75) is 32.7 Å². The summed E-state index contributed by atoms with van der Waals surface area (Å²) in [6, 6.07) is -0.511. The second-order valence-electron chi connectivity index (χ2n) is 5.37. The van der Waals surface area contributed by atoms with Crippen molar-refractivity contribution in [3.05, 3.63) is 0 Å². The van der Waals surface area contributed by atoms with E-state index in [1.54, 1.807) is 20.8 Å². The zero-order chi connectivity index (χ0) is 15.3.